The van der Waals surface area contributed by atoms with Gasteiger partial charge in [-0.2, -0.15) is 0 Å². The predicted octanol–water partition coefficient (Wildman–Crippen LogP) is 6.85. The first-order valence-corrected chi connectivity index (χ1v) is 12.8. The second-order valence-electron chi connectivity index (χ2n) is 9.07. The number of pyridine rings is 1. The Labute approximate surface area is 217 Å². The van der Waals surface area contributed by atoms with Crippen molar-refractivity contribution >= 4 is 28.9 Å². The lowest BCUT2D eigenvalue weighted by Gasteiger charge is -2.33. The maximum Gasteiger partial charge on any atom is 0.165 e. The van der Waals surface area contributed by atoms with Crippen LogP contribution < -0.4 is 15.0 Å². The molecule has 1 aliphatic heterocycles. The summed E-state index contributed by atoms with van der Waals surface area (Å²) in [5.74, 6) is 3.23. The fourth-order valence-electron chi connectivity index (χ4n) is 4.42. The largest absolute Gasteiger partial charge is 0.490 e. The summed E-state index contributed by atoms with van der Waals surface area (Å²) in [7, 11) is 0. The zero-order valence-electron chi connectivity index (χ0n) is 20.6. The van der Waals surface area contributed by atoms with Gasteiger partial charge in [0.25, 0.3) is 0 Å². The van der Waals surface area contributed by atoms with Crippen molar-refractivity contribution in [2.24, 2.45) is 0 Å². The van der Waals surface area contributed by atoms with Crippen LogP contribution in [0.3, 0.4) is 0 Å². The standard InChI is InChI=1S/C29H30ClN5O/c1-3-21-6-4-8-25(17-21)36-24-11-14-35(15-12-24)28-18-27(32-26-10-9-23(30)16-20(26)2)33-29(34-28)22-7-5-13-31-19-22/h4-10,13,16-19,24H,3,11-12,14-15H2,1-2H3,(H,32,33,34). The van der Waals surface area contributed by atoms with E-state index in [0.717, 1.165) is 66.6 Å². The molecule has 0 unspecified atom stereocenters. The Balaban J connectivity index is 1.36. The first-order valence-electron chi connectivity index (χ1n) is 12.4. The number of hydrogen-bond acceptors (Lipinski definition) is 6. The molecule has 1 aliphatic rings. The van der Waals surface area contributed by atoms with Crippen LogP contribution in [0.4, 0.5) is 17.3 Å². The fraction of sp³-hybridized carbons (Fsp3) is 0.276. The predicted molar refractivity (Wildman–Crippen MR) is 146 cm³/mol. The molecule has 0 aliphatic carbocycles. The summed E-state index contributed by atoms with van der Waals surface area (Å²) in [6.45, 7) is 5.91. The molecule has 2 aromatic carbocycles. The van der Waals surface area contributed by atoms with Crippen molar-refractivity contribution in [3.05, 3.63) is 89.2 Å². The van der Waals surface area contributed by atoms with Gasteiger partial charge < -0.3 is 15.0 Å². The molecule has 1 fully saturated rings. The molecule has 0 saturated carbocycles. The van der Waals surface area contributed by atoms with E-state index < -0.39 is 0 Å². The van der Waals surface area contributed by atoms with E-state index in [-0.39, 0.29) is 6.10 Å². The minimum Gasteiger partial charge on any atom is -0.490 e. The summed E-state index contributed by atoms with van der Waals surface area (Å²) >= 11 is 6.15. The zero-order chi connectivity index (χ0) is 24.9. The number of ether oxygens (including phenoxy) is 1. The van der Waals surface area contributed by atoms with E-state index in [4.69, 9.17) is 26.3 Å². The van der Waals surface area contributed by atoms with Crippen molar-refractivity contribution in [2.75, 3.05) is 23.3 Å². The number of nitrogens with zero attached hydrogens (tertiary/aromatic N) is 4. The quantitative estimate of drug-likeness (QED) is 0.300. The third-order valence-corrected chi connectivity index (χ3v) is 6.69. The minimum absolute atomic E-state index is 0.197. The molecule has 7 heteroatoms. The van der Waals surface area contributed by atoms with E-state index in [1.165, 1.54) is 5.56 Å². The van der Waals surface area contributed by atoms with Crippen LogP contribution in [-0.4, -0.2) is 34.1 Å². The van der Waals surface area contributed by atoms with E-state index in [1.807, 2.05) is 49.4 Å². The highest BCUT2D eigenvalue weighted by atomic mass is 35.5. The van der Waals surface area contributed by atoms with Gasteiger partial charge in [0.1, 0.15) is 23.5 Å². The lowest BCUT2D eigenvalue weighted by Crippen LogP contribution is -2.38. The topological polar surface area (TPSA) is 63.2 Å². The van der Waals surface area contributed by atoms with Gasteiger partial charge in [0.15, 0.2) is 5.82 Å². The number of hydrogen-bond donors (Lipinski definition) is 1. The average Bonchev–Trinajstić information content (AvgIpc) is 2.91. The van der Waals surface area contributed by atoms with Crippen LogP contribution in [0.25, 0.3) is 11.4 Å². The molecule has 2 aromatic heterocycles. The zero-order valence-corrected chi connectivity index (χ0v) is 21.4. The Morgan fingerprint density at radius 2 is 1.89 bits per heavy atom. The average molecular weight is 500 g/mol. The van der Waals surface area contributed by atoms with E-state index >= 15 is 0 Å². The minimum atomic E-state index is 0.197. The monoisotopic (exact) mass is 499 g/mol. The molecule has 5 rings (SSSR count). The molecule has 4 aromatic rings. The molecule has 6 nitrogen and oxygen atoms in total. The Bertz CT molecular complexity index is 1320. The van der Waals surface area contributed by atoms with Crippen LogP contribution in [0.5, 0.6) is 5.75 Å². The van der Waals surface area contributed by atoms with Gasteiger partial charge in [-0.05, 0) is 66.9 Å². The van der Waals surface area contributed by atoms with Crippen molar-refractivity contribution in [3.8, 4) is 17.1 Å². The molecule has 0 amide bonds. The molecular formula is C29H30ClN5O. The molecule has 0 spiro atoms. The van der Waals surface area contributed by atoms with Gasteiger partial charge in [0.05, 0.1) is 0 Å². The molecule has 1 saturated heterocycles. The van der Waals surface area contributed by atoms with Crippen LogP contribution >= 0.6 is 11.6 Å². The number of nitrogens with one attached hydrogen (secondary N) is 1. The third kappa shape index (κ3) is 5.77. The van der Waals surface area contributed by atoms with Crippen molar-refractivity contribution in [1.82, 2.24) is 15.0 Å². The molecule has 1 N–H and O–H groups in total. The first-order chi connectivity index (χ1) is 17.6. The van der Waals surface area contributed by atoms with Crippen molar-refractivity contribution in [2.45, 2.75) is 39.2 Å². The maximum atomic E-state index is 6.31. The van der Waals surface area contributed by atoms with Gasteiger partial charge >= 0.3 is 0 Å². The van der Waals surface area contributed by atoms with Gasteiger partial charge in [-0.25, -0.2) is 9.97 Å². The summed E-state index contributed by atoms with van der Waals surface area (Å²) in [5, 5.41) is 4.17. The summed E-state index contributed by atoms with van der Waals surface area (Å²) in [6.07, 6.45) is 6.62. The second-order valence-corrected chi connectivity index (χ2v) is 9.50. The second kappa shape index (κ2) is 11.0. The number of halogens is 1. The van der Waals surface area contributed by atoms with Crippen LogP contribution in [0.15, 0.2) is 73.1 Å². The van der Waals surface area contributed by atoms with Crippen LogP contribution in [0.2, 0.25) is 5.02 Å². The summed E-state index contributed by atoms with van der Waals surface area (Å²) in [5.41, 5.74) is 4.19. The van der Waals surface area contributed by atoms with Crippen LogP contribution in [0.1, 0.15) is 30.9 Å². The fourth-order valence-corrected chi connectivity index (χ4v) is 4.65. The molecule has 0 radical (unpaired) electrons. The summed E-state index contributed by atoms with van der Waals surface area (Å²) in [6, 6.07) is 20.1. The van der Waals surface area contributed by atoms with Crippen molar-refractivity contribution < 1.29 is 4.74 Å². The highest BCUT2D eigenvalue weighted by Gasteiger charge is 2.23. The number of aryl methyl sites for hydroxylation is 2. The molecule has 184 valence electrons. The Kier molecular flexibility index (Phi) is 7.33. The van der Waals surface area contributed by atoms with Crippen molar-refractivity contribution in [1.29, 1.82) is 0 Å². The maximum absolute atomic E-state index is 6.31. The number of anilines is 3. The van der Waals surface area contributed by atoms with Crippen LogP contribution in [0, 0.1) is 6.92 Å². The number of benzene rings is 2. The molecule has 0 atom stereocenters. The highest BCUT2D eigenvalue weighted by molar-refractivity contribution is 6.30. The highest BCUT2D eigenvalue weighted by Crippen LogP contribution is 2.29. The summed E-state index contributed by atoms with van der Waals surface area (Å²) < 4.78 is 6.31. The molecular weight excluding hydrogens is 470 g/mol. The molecule has 3 heterocycles. The lowest BCUT2D eigenvalue weighted by molar-refractivity contribution is 0.170. The SMILES string of the molecule is CCc1cccc(OC2CCN(c3cc(Nc4ccc(Cl)cc4C)nc(-c4cccnc4)n3)CC2)c1. The normalized spacial score (nSPS) is 14.0. The molecule has 36 heavy (non-hydrogen) atoms. The van der Waals surface area contributed by atoms with E-state index in [1.54, 1.807) is 12.4 Å². The van der Waals surface area contributed by atoms with Gasteiger partial charge in [-0.15, -0.1) is 0 Å². The number of rotatable bonds is 7. The van der Waals surface area contributed by atoms with Gasteiger partial charge in [0.2, 0.25) is 0 Å². The number of piperidine rings is 1. The smallest absolute Gasteiger partial charge is 0.165 e. The van der Waals surface area contributed by atoms with Gasteiger partial charge in [0, 0.05) is 60.7 Å². The Morgan fingerprint density at radius 3 is 2.64 bits per heavy atom. The van der Waals surface area contributed by atoms with E-state index in [2.05, 4.69) is 40.3 Å². The Morgan fingerprint density at radius 1 is 1.03 bits per heavy atom. The van der Waals surface area contributed by atoms with Gasteiger partial charge in [-0.3, -0.25) is 4.98 Å². The third-order valence-electron chi connectivity index (χ3n) is 6.46. The van der Waals surface area contributed by atoms with Gasteiger partial charge in [-0.1, -0.05) is 30.7 Å². The number of aromatic nitrogens is 3. The molecule has 0 bridgehead atoms. The lowest BCUT2D eigenvalue weighted by atomic mass is 10.1. The van der Waals surface area contributed by atoms with Crippen molar-refractivity contribution in [3.63, 3.8) is 0 Å². The summed E-state index contributed by atoms with van der Waals surface area (Å²) in [4.78, 5) is 16.3. The first kappa shape index (κ1) is 24.1. The van der Waals surface area contributed by atoms with E-state index in [9.17, 15) is 0 Å². The van der Waals surface area contributed by atoms with Crippen LogP contribution in [-0.2, 0) is 6.42 Å². The van der Waals surface area contributed by atoms with E-state index in [0.29, 0.717) is 10.8 Å². The Hall–Kier alpha value is -3.64.